The second-order valence-electron chi connectivity index (χ2n) is 13.7. The van der Waals surface area contributed by atoms with Gasteiger partial charge >= 0.3 is 0 Å². The number of benzene rings is 8. The molecular formula is C48H28N2OS. The lowest BCUT2D eigenvalue weighted by molar-refractivity contribution is 0.673. The van der Waals surface area contributed by atoms with Gasteiger partial charge in [0.25, 0.3) is 0 Å². The number of para-hydroxylation sites is 4. The van der Waals surface area contributed by atoms with Gasteiger partial charge in [-0.2, -0.15) is 0 Å². The second-order valence-corrected chi connectivity index (χ2v) is 14.8. The first kappa shape index (κ1) is 28.1. The maximum atomic E-state index is 6.46. The highest BCUT2D eigenvalue weighted by Gasteiger charge is 2.18. The number of aromatic nitrogens is 2. The number of fused-ring (bicyclic) bond motifs is 13. The summed E-state index contributed by atoms with van der Waals surface area (Å²) in [5.41, 5.74) is 11.5. The Morgan fingerprint density at radius 2 is 0.942 bits per heavy atom. The highest BCUT2D eigenvalue weighted by molar-refractivity contribution is 7.26. The van der Waals surface area contributed by atoms with Crippen LogP contribution in [0.15, 0.2) is 174 Å². The van der Waals surface area contributed by atoms with Crippen LogP contribution in [0.2, 0.25) is 0 Å². The predicted octanol–water partition coefficient (Wildman–Crippen LogP) is 13.8. The van der Waals surface area contributed by atoms with Crippen LogP contribution in [0.5, 0.6) is 0 Å². The molecule has 0 amide bonds. The van der Waals surface area contributed by atoms with Gasteiger partial charge < -0.3 is 13.6 Å². The predicted molar refractivity (Wildman–Crippen MR) is 221 cm³/mol. The summed E-state index contributed by atoms with van der Waals surface area (Å²) in [6.45, 7) is 0. The van der Waals surface area contributed by atoms with Crippen LogP contribution in [-0.4, -0.2) is 9.13 Å². The lowest BCUT2D eigenvalue weighted by Crippen LogP contribution is -1.93. The molecule has 0 spiro atoms. The molecule has 12 rings (SSSR count). The van der Waals surface area contributed by atoms with E-state index in [9.17, 15) is 0 Å². The molecule has 3 nitrogen and oxygen atoms in total. The van der Waals surface area contributed by atoms with Crippen LogP contribution in [0.3, 0.4) is 0 Å². The first-order valence-electron chi connectivity index (χ1n) is 17.7. The van der Waals surface area contributed by atoms with Crippen LogP contribution in [0.1, 0.15) is 0 Å². The fourth-order valence-electron chi connectivity index (χ4n) is 8.61. The third kappa shape index (κ3) is 3.84. The fourth-order valence-corrected chi connectivity index (χ4v) is 9.75. The molecule has 8 aromatic carbocycles. The van der Waals surface area contributed by atoms with Crippen molar-refractivity contribution in [1.29, 1.82) is 0 Å². The standard InChI is InChI=1S/C48H28N2OS/c1-2-10-31(11-3-1)49-40-15-7-4-12-33(40)38-26-29(18-23-42(38)49)30-19-24-43-39(27-30)34-13-5-8-16-41(34)50(43)32-20-21-37-46(28-32)52-45-25-22-36-35-14-6-9-17-44(35)51-48(36)47(37)45/h1-28H. The van der Waals surface area contributed by atoms with E-state index in [1.54, 1.807) is 0 Å². The molecular weight excluding hydrogens is 653 g/mol. The summed E-state index contributed by atoms with van der Waals surface area (Å²) in [6, 6.07) is 61.8. The van der Waals surface area contributed by atoms with Crippen molar-refractivity contribution in [3.8, 4) is 22.5 Å². The van der Waals surface area contributed by atoms with Gasteiger partial charge in [-0.25, -0.2) is 0 Å². The largest absolute Gasteiger partial charge is 0.455 e. The van der Waals surface area contributed by atoms with E-state index >= 15 is 0 Å². The Kier molecular flexibility index (Phi) is 5.65. The lowest BCUT2D eigenvalue weighted by Gasteiger charge is -2.09. The minimum atomic E-state index is 0.935. The summed E-state index contributed by atoms with van der Waals surface area (Å²) in [5.74, 6) is 0. The Morgan fingerprint density at radius 3 is 1.65 bits per heavy atom. The SMILES string of the molecule is c1ccc(-n2c3ccccc3c3cc(-c4ccc5c(c4)c4ccccc4n5-c4ccc5c(c4)sc4ccc6c7ccccc7oc6c45)ccc32)cc1. The Hall–Kier alpha value is -6.62. The minimum absolute atomic E-state index is 0.935. The Bertz CT molecular complexity index is 3410. The molecule has 52 heavy (non-hydrogen) atoms. The molecule has 4 aromatic heterocycles. The van der Waals surface area contributed by atoms with Crippen LogP contribution in [-0.2, 0) is 0 Å². The van der Waals surface area contributed by atoms with Gasteiger partial charge in [-0.05, 0) is 90.0 Å². The zero-order valence-electron chi connectivity index (χ0n) is 27.9. The number of thiophene rings is 1. The Labute approximate surface area is 301 Å². The van der Waals surface area contributed by atoms with Crippen LogP contribution >= 0.6 is 11.3 Å². The lowest BCUT2D eigenvalue weighted by atomic mass is 10.0. The van der Waals surface area contributed by atoms with Crippen molar-refractivity contribution in [2.45, 2.75) is 0 Å². The van der Waals surface area contributed by atoms with Crippen molar-refractivity contribution in [3.63, 3.8) is 0 Å². The van der Waals surface area contributed by atoms with Crippen molar-refractivity contribution >= 4 is 97.1 Å². The van der Waals surface area contributed by atoms with E-state index < -0.39 is 0 Å². The van der Waals surface area contributed by atoms with Gasteiger partial charge in [0.2, 0.25) is 0 Å². The molecule has 0 aliphatic heterocycles. The molecule has 0 aliphatic rings. The first-order chi connectivity index (χ1) is 25.8. The molecule has 0 saturated heterocycles. The summed E-state index contributed by atoms with van der Waals surface area (Å²) in [7, 11) is 0. The number of rotatable bonds is 3. The fraction of sp³-hybridized carbons (Fsp3) is 0. The van der Waals surface area contributed by atoms with Crippen LogP contribution < -0.4 is 0 Å². The molecule has 0 unspecified atom stereocenters. The van der Waals surface area contributed by atoms with E-state index in [1.807, 2.05) is 17.4 Å². The monoisotopic (exact) mass is 680 g/mol. The summed E-state index contributed by atoms with van der Waals surface area (Å²) in [6.07, 6.45) is 0. The summed E-state index contributed by atoms with van der Waals surface area (Å²) < 4.78 is 13.8. The molecule has 4 heteroatoms. The van der Waals surface area contributed by atoms with E-state index in [0.29, 0.717) is 0 Å². The van der Waals surface area contributed by atoms with Crippen molar-refractivity contribution in [1.82, 2.24) is 9.13 Å². The number of nitrogens with zero attached hydrogens (tertiary/aromatic N) is 2. The van der Waals surface area contributed by atoms with E-state index in [4.69, 9.17) is 4.42 Å². The van der Waals surface area contributed by atoms with Crippen LogP contribution in [0.25, 0.3) is 108 Å². The molecule has 4 heterocycles. The molecule has 242 valence electrons. The molecule has 12 aromatic rings. The third-order valence-corrected chi connectivity index (χ3v) is 12.0. The molecule has 0 radical (unpaired) electrons. The van der Waals surface area contributed by atoms with Gasteiger partial charge in [0, 0.05) is 63.9 Å². The van der Waals surface area contributed by atoms with Crippen molar-refractivity contribution in [2.75, 3.05) is 0 Å². The third-order valence-electron chi connectivity index (χ3n) is 10.9. The minimum Gasteiger partial charge on any atom is -0.455 e. The molecule has 0 saturated carbocycles. The van der Waals surface area contributed by atoms with Gasteiger partial charge in [0.05, 0.1) is 22.1 Å². The second kappa shape index (κ2) is 10.5. The van der Waals surface area contributed by atoms with Gasteiger partial charge in [0.15, 0.2) is 0 Å². The molecule has 0 bridgehead atoms. The van der Waals surface area contributed by atoms with Gasteiger partial charge in [0.1, 0.15) is 11.2 Å². The van der Waals surface area contributed by atoms with E-state index in [0.717, 1.165) is 16.9 Å². The average Bonchev–Trinajstić information content (AvgIpc) is 3.95. The van der Waals surface area contributed by atoms with Gasteiger partial charge in [-0.15, -0.1) is 11.3 Å². The van der Waals surface area contributed by atoms with E-state index in [-0.39, 0.29) is 0 Å². The molecule has 0 fully saturated rings. The molecule has 0 atom stereocenters. The van der Waals surface area contributed by atoms with Crippen LogP contribution in [0.4, 0.5) is 0 Å². The highest BCUT2D eigenvalue weighted by Crippen LogP contribution is 2.44. The summed E-state index contributed by atoms with van der Waals surface area (Å²) in [5, 5.41) is 9.80. The number of hydrogen-bond acceptors (Lipinski definition) is 2. The van der Waals surface area contributed by atoms with Gasteiger partial charge in [-0.3, -0.25) is 0 Å². The van der Waals surface area contributed by atoms with Gasteiger partial charge in [-0.1, -0.05) is 91.0 Å². The summed E-state index contributed by atoms with van der Waals surface area (Å²) in [4.78, 5) is 0. The first-order valence-corrected chi connectivity index (χ1v) is 18.5. The van der Waals surface area contributed by atoms with E-state index in [2.05, 4.69) is 173 Å². The number of hydrogen-bond donors (Lipinski definition) is 0. The zero-order valence-corrected chi connectivity index (χ0v) is 28.7. The summed E-state index contributed by atoms with van der Waals surface area (Å²) >= 11 is 1.84. The Morgan fingerprint density at radius 1 is 0.365 bits per heavy atom. The quantitative estimate of drug-likeness (QED) is 0.182. The van der Waals surface area contributed by atoms with Crippen molar-refractivity contribution < 1.29 is 4.42 Å². The van der Waals surface area contributed by atoms with Crippen molar-refractivity contribution in [2.24, 2.45) is 0 Å². The van der Waals surface area contributed by atoms with Crippen LogP contribution in [0, 0.1) is 0 Å². The highest BCUT2D eigenvalue weighted by atomic mass is 32.1. The average molecular weight is 681 g/mol. The smallest absolute Gasteiger partial charge is 0.144 e. The molecule has 0 aliphatic carbocycles. The zero-order chi connectivity index (χ0) is 33.9. The maximum Gasteiger partial charge on any atom is 0.144 e. The topological polar surface area (TPSA) is 23.0 Å². The normalized spacial score (nSPS) is 12.2. The maximum absolute atomic E-state index is 6.46. The Balaban J connectivity index is 1.03. The van der Waals surface area contributed by atoms with E-state index in [1.165, 1.54) is 91.4 Å². The molecule has 0 N–H and O–H groups in total. The van der Waals surface area contributed by atoms with Crippen molar-refractivity contribution in [3.05, 3.63) is 170 Å². The number of furan rings is 1.